The summed E-state index contributed by atoms with van der Waals surface area (Å²) in [7, 11) is -3.10. The van der Waals surface area contributed by atoms with Gasteiger partial charge in [-0.25, -0.2) is 12.7 Å². The summed E-state index contributed by atoms with van der Waals surface area (Å²) < 4.78 is 25.9. The lowest BCUT2D eigenvalue weighted by molar-refractivity contribution is 0.205. The summed E-state index contributed by atoms with van der Waals surface area (Å²) in [6.07, 6.45) is 5.76. The molecule has 0 atom stereocenters. The molecule has 2 rings (SSSR count). The number of unbranched alkanes of at least 4 members (excludes halogenated alkanes) is 1. The molecule has 0 bridgehead atoms. The summed E-state index contributed by atoms with van der Waals surface area (Å²) in [5.74, 6) is 0.849. The highest BCUT2D eigenvalue weighted by molar-refractivity contribution is 7.89. The Morgan fingerprint density at radius 2 is 1.65 bits per heavy atom. The fourth-order valence-corrected chi connectivity index (χ4v) is 4.82. The molecule has 2 heterocycles. The van der Waals surface area contributed by atoms with Crippen LogP contribution in [0, 0.1) is 5.92 Å². The predicted molar refractivity (Wildman–Crippen MR) is 80.1 cm³/mol. The molecule has 0 saturated carbocycles. The highest BCUT2D eigenvalue weighted by Crippen LogP contribution is 2.22. The molecule has 2 saturated heterocycles. The molecule has 1 N–H and O–H groups in total. The van der Waals surface area contributed by atoms with Crippen LogP contribution in [0.2, 0.25) is 0 Å². The van der Waals surface area contributed by atoms with Crippen LogP contribution in [-0.4, -0.2) is 67.8 Å². The van der Waals surface area contributed by atoms with Crippen molar-refractivity contribution < 1.29 is 13.5 Å². The van der Waals surface area contributed by atoms with Gasteiger partial charge in [0, 0.05) is 26.2 Å². The van der Waals surface area contributed by atoms with Crippen molar-refractivity contribution in [3.63, 3.8) is 0 Å². The smallest absolute Gasteiger partial charge is 0.214 e. The number of piperidine rings is 1. The van der Waals surface area contributed by atoms with Gasteiger partial charge in [0.05, 0.1) is 5.75 Å². The maximum Gasteiger partial charge on any atom is 0.214 e. The number of likely N-dealkylation sites (tertiary alicyclic amines) is 1. The topological polar surface area (TPSA) is 60.9 Å². The number of aliphatic hydroxyl groups is 1. The minimum atomic E-state index is -3.10. The Hall–Kier alpha value is -0.170. The largest absolute Gasteiger partial charge is 0.396 e. The lowest BCUT2D eigenvalue weighted by Gasteiger charge is -2.33. The Morgan fingerprint density at radius 1 is 1.00 bits per heavy atom. The van der Waals surface area contributed by atoms with Crippen LogP contribution in [0.25, 0.3) is 0 Å². The van der Waals surface area contributed by atoms with Crippen LogP contribution in [-0.2, 0) is 10.0 Å². The third kappa shape index (κ3) is 4.69. The van der Waals surface area contributed by atoms with E-state index in [-0.39, 0.29) is 12.4 Å². The standard InChI is InChI=1S/C14H28N2O3S/c17-11-3-4-12-20(18,19)16-9-5-14(6-10-16)13-15-7-1-2-8-15/h14,17H,1-13H2. The van der Waals surface area contributed by atoms with E-state index in [1.54, 1.807) is 4.31 Å². The van der Waals surface area contributed by atoms with Gasteiger partial charge in [0.2, 0.25) is 10.0 Å². The second-order valence-corrected chi connectivity index (χ2v) is 8.19. The van der Waals surface area contributed by atoms with Gasteiger partial charge in [0.25, 0.3) is 0 Å². The molecule has 0 aliphatic carbocycles. The summed E-state index contributed by atoms with van der Waals surface area (Å²) in [6.45, 7) is 5.03. The lowest BCUT2D eigenvalue weighted by atomic mass is 9.98. The maximum absolute atomic E-state index is 12.1. The zero-order chi connectivity index (χ0) is 14.4. The summed E-state index contributed by atoms with van der Waals surface area (Å²) in [4.78, 5) is 2.52. The monoisotopic (exact) mass is 304 g/mol. The van der Waals surface area contributed by atoms with E-state index in [0.717, 1.165) is 19.4 Å². The van der Waals surface area contributed by atoms with Crippen molar-refractivity contribution >= 4 is 10.0 Å². The Balaban J connectivity index is 1.72. The molecule has 2 aliphatic heterocycles. The summed E-state index contributed by atoms with van der Waals surface area (Å²) in [5, 5.41) is 8.73. The SMILES string of the molecule is O=S(=O)(CCCCO)N1CCC(CN2CCCC2)CC1. The van der Waals surface area contributed by atoms with E-state index in [1.807, 2.05) is 0 Å². The highest BCUT2D eigenvalue weighted by Gasteiger charge is 2.28. The number of aliphatic hydroxyl groups excluding tert-OH is 1. The molecule has 2 fully saturated rings. The zero-order valence-electron chi connectivity index (χ0n) is 12.3. The second kappa shape index (κ2) is 7.73. The van der Waals surface area contributed by atoms with Gasteiger partial charge in [-0.15, -0.1) is 0 Å². The average Bonchev–Trinajstić information content (AvgIpc) is 2.92. The first-order valence-electron chi connectivity index (χ1n) is 7.93. The van der Waals surface area contributed by atoms with Crippen molar-refractivity contribution in [2.75, 3.05) is 45.1 Å². The van der Waals surface area contributed by atoms with Gasteiger partial charge in [-0.1, -0.05) is 0 Å². The molecule has 20 heavy (non-hydrogen) atoms. The number of hydrogen-bond donors (Lipinski definition) is 1. The average molecular weight is 304 g/mol. The molecule has 118 valence electrons. The van der Waals surface area contributed by atoms with E-state index >= 15 is 0 Å². The van der Waals surface area contributed by atoms with Gasteiger partial charge in [-0.3, -0.25) is 0 Å². The van der Waals surface area contributed by atoms with E-state index in [4.69, 9.17) is 5.11 Å². The van der Waals surface area contributed by atoms with Crippen LogP contribution in [0.4, 0.5) is 0 Å². The maximum atomic E-state index is 12.1. The molecule has 0 aromatic rings. The Bertz CT molecular complexity index is 372. The van der Waals surface area contributed by atoms with E-state index in [9.17, 15) is 8.42 Å². The molecule has 0 radical (unpaired) electrons. The zero-order valence-corrected chi connectivity index (χ0v) is 13.2. The summed E-state index contributed by atoms with van der Waals surface area (Å²) in [6, 6.07) is 0. The van der Waals surface area contributed by atoms with E-state index in [1.165, 1.54) is 25.9 Å². The van der Waals surface area contributed by atoms with Gasteiger partial charge in [0.1, 0.15) is 0 Å². The summed E-state index contributed by atoms with van der Waals surface area (Å²) in [5.41, 5.74) is 0. The van der Waals surface area contributed by atoms with Crippen molar-refractivity contribution in [3.05, 3.63) is 0 Å². The van der Waals surface area contributed by atoms with Gasteiger partial charge in [-0.2, -0.15) is 0 Å². The second-order valence-electron chi connectivity index (χ2n) is 6.10. The van der Waals surface area contributed by atoms with Crippen LogP contribution in [0.5, 0.6) is 0 Å². The van der Waals surface area contributed by atoms with Crippen LogP contribution in [0.3, 0.4) is 0 Å². The van der Waals surface area contributed by atoms with Crippen molar-refractivity contribution in [3.8, 4) is 0 Å². The number of rotatable bonds is 7. The first-order chi connectivity index (χ1) is 9.62. The third-order valence-corrected chi connectivity index (χ3v) is 6.45. The Kier molecular flexibility index (Phi) is 6.26. The Labute approximate surface area is 123 Å². The van der Waals surface area contributed by atoms with E-state index in [2.05, 4.69) is 4.90 Å². The van der Waals surface area contributed by atoms with Crippen molar-refractivity contribution in [1.82, 2.24) is 9.21 Å². The molecule has 5 nitrogen and oxygen atoms in total. The fourth-order valence-electron chi connectivity index (χ4n) is 3.23. The van der Waals surface area contributed by atoms with Crippen molar-refractivity contribution in [2.24, 2.45) is 5.92 Å². The van der Waals surface area contributed by atoms with Gasteiger partial charge in [-0.05, 0) is 57.5 Å². The molecule has 0 amide bonds. The number of nitrogens with zero attached hydrogens (tertiary/aromatic N) is 2. The molecule has 6 heteroatoms. The Morgan fingerprint density at radius 3 is 2.25 bits per heavy atom. The molecule has 0 unspecified atom stereocenters. The van der Waals surface area contributed by atoms with Crippen LogP contribution < -0.4 is 0 Å². The normalized spacial score (nSPS) is 23.4. The number of sulfonamides is 1. The van der Waals surface area contributed by atoms with Crippen molar-refractivity contribution in [2.45, 2.75) is 38.5 Å². The summed E-state index contributed by atoms with van der Waals surface area (Å²) >= 11 is 0. The number of hydrogen-bond acceptors (Lipinski definition) is 4. The molecule has 2 aliphatic rings. The fraction of sp³-hybridized carbons (Fsp3) is 1.00. The van der Waals surface area contributed by atoms with E-state index in [0.29, 0.717) is 31.8 Å². The molecular weight excluding hydrogens is 276 g/mol. The highest BCUT2D eigenvalue weighted by atomic mass is 32.2. The van der Waals surface area contributed by atoms with Crippen LogP contribution >= 0.6 is 0 Å². The molecule has 0 spiro atoms. The minimum Gasteiger partial charge on any atom is -0.396 e. The van der Waals surface area contributed by atoms with Gasteiger partial charge < -0.3 is 10.0 Å². The molecular formula is C14H28N2O3S. The first kappa shape index (κ1) is 16.2. The van der Waals surface area contributed by atoms with Gasteiger partial charge >= 0.3 is 0 Å². The van der Waals surface area contributed by atoms with Crippen LogP contribution in [0.1, 0.15) is 38.5 Å². The van der Waals surface area contributed by atoms with Crippen LogP contribution in [0.15, 0.2) is 0 Å². The van der Waals surface area contributed by atoms with Crippen molar-refractivity contribution in [1.29, 1.82) is 0 Å². The minimum absolute atomic E-state index is 0.0768. The van der Waals surface area contributed by atoms with E-state index < -0.39 is 10.0 Å². The predicted octanol–water partition coefficient (Wildman–Crippen LogP) is 0.896. The lowest BCUT2D eigenvalue weighted by Crippen LogP contribution is -2.42. The quantitative estimate of drug-likeness (QED) is 0.710. The van der Waals surface area contributed by atoms with Gasteiger partial charge in [0.15, 0.2) is 0 Å². The molecule has 0 aromatic heterocycles. The first-order valence-corrected chi connectivity index (χ1v) is 9.54. The third-order valence-electron chi connectivity index (χ3n) is 4.49. The molecule has 0 aromatic carbocycles.